The van der Waals surface area contributed by atoms with Crippen LogP contribution in [0.2, 0.25) is 0 Å². The van der Waals surface area contributed by atoms with Gasteiger partial charge in [0.25, 0.3) is 0 Å². The fourth-order valence-corrected chi connectivity index (χ4v) is 1.67. The Morgan fingerprint density at radius 2 is 0.792 bits per heavy atom. The van der Waals surface area contributed by atoms with Crippen molar-refractivity contribution in [3.8, 4) is 0 Å². The highest BCUT2D eigenvalue weighted by Gasteiger charge is 2.12. The molecule has 0 fully saturated rings. The van der Waals surface area contributed by atoms with E-state index in [2.05, 4.69) is 0 Å². The molecular formula is C17H36O7. The van der Waals surface area contributed by atoms with Gasteiger partial charge in [-0.15, -0.1) is 0 Å². The van der Waals surface area contributed by atoms with E-state index >= 15 is 0 Å². The standard InChI is InChI=1S/C17H36O7/c1-12(18)7-20-13(2)8-21-14(3)9-22-15(4)10-23-16(5)11-24-17(6)19/h12-19H,7-11H2,1-6H3. The zero-order valence-corrected chi connectivity index (χ0v) is 15.9. The summed E-state index contributed by atoms with van der Waals surface area (Å²) in [5.41, 5.74) is 0. The number of aliphatic hydroxyl groups is 2. The molecule has 0 aliphatic rings. The maximum atomic E-state index is 9.16. The fraction of sp³-hybridized carbons (Fsp3) is 1.00. The summed E-state index contributed by atoms with van der Waals surface area (Å²) >= 11 is 0. The van der Waals surface area contributed by atoms with E-state index in [1.165, 1.54) is 0 Å². The lowest BCUT2D eigenvalue weighted by atomic mass is 10.3. The van der Waals surface area contributed by atoms with Crippen LogP contribution < -0.4 is 0 Å². The van der Waals surface area contributed by atoms with E-state index in [4.69, 9.17) is 33.9 Å². The summed E-state index contributed by atoms with van der Waals surface area (Å²) in [6.45, 7) is 12.9. The van der Waals surface area contributed by atoms with E-state index in [1.807, 2.05) is 27.7 Å². The Balaban J connectivity index is 3.68. The largest absolute Gasteiger partial charge is 0.391 e. The predicted molar refractivity (Wildman–Crippen MR) is 91.0 cm³/mol. The quantitative estimate of drug-likeness (QED) is 0.430. The molecule has 0 rings (SSSR count). The average molecular weight is 352 g/mol. The highest BCUT2D eigenvalue weighted by atomic mass is 16.6. The molecule has 7 nitrogen and oxygen atoms in total. The molecule has 0 aromatic carbocycles. The van der Waals surface area contributed by atoms with Crippen LogP contribution in [-0.4, -0.2) is 80.1 Å². The highest BCUT2D eigenvalue weighted by molar-refractivity contribution is 4.57. The first kappa shape index (κ1) is 23.7. The van der Waals surface area contributed by atoms with Gasteiger partial charge in [0.05, 0.1) is 63.6 Å². The first-order valence-corrected chi connectivity index (χ1v) is 8.64. The monoisotopic (exact) mass is 352 g/mol. The molecule has 0 bridgehead atoms. The summed E-state index contributed by atoms with van der Waals surface area (Å²) in [5, 5.41) is 18.2. The molecule has 0 radical (unpaired) electrons. The minimum absolute atomic E-state index is 0.0546. The number of rotatable bonds is 15. The maximum Gasteiger partial charge on any atom is 0.151 e. The van der Waals surface area contributed by atoms with Crippen LogP contribution in [0.15, 0.2) is 0 Å². The fourth-order valence-electron chi connectivity index (χ4n) is 1.67. The Labute approximate surface area is 146 Å². The number of hydrogen-bond donors (Lipinski definition) is 2. The van der Waals surface area contributed by atoms with Crippen molar-refractivity contribution >= 4 is 0 Å². The molecule has 0 spiro atoms. The molecule has 7 heteroatoms. The van der Waals surface area contributed by atoms with Gasteiger partial charge in [-0.2, -0.15) is 0 Å². The van der Waals surface area contributed by atoms with E-state index in [0.717, 1.165) is 0 Å². The van der Waals surface area contributed by atoms with Gasteiger partial charge >= 0.3 is 0 Å². The van der Waals surface area contributed by atoms with Gasteiger partial charge in [0.15, 0.2) is 6.29 Å². The summed E-state index contributed by atoms with van der Waals surface area (Å²) in [6.07, 6.45) is -1.55. The minimum atomic E-state index is -0.783. The first-order chi connectivity index (χ1) is 11.2. The third kappa shape index (κ3) is 15.3. The van der Waals surface area contributed by atoms with Crippen molar-refractivity contribution in [2.24, 2.45) is 0 Å². The van der Waals surface area contributed by atoms with Crippen LogP contribution in [0.25, 0.3) is 0 Å². The average Bonchev–Trinajstić information content (AvgIpc) is 2.52. The van der Waals surface area contributed by atoms with Crippen LogP contribution in [-0.2, 0) is 23.7 Å². The Bertz CT molecular complexity index is 258. The molecule has 0 aliphatic carbocycles. The van der Waals surface area contributed by atoms with Crippen molar-refractivity contribution in [3.05, 3.63) is 0 Å². The van der Waals surface area contributed by atoms with Crippen LogP contribution in [0.3, 0.4) is 0 Å². The van der Waals surface area contributed by atoms with Crippen LogP contribution in [0.1, 0.15) is 41.5 Å². The Morgan fingerprint density at radius 3 is 1.08 bits per heavy atom. The molecule has 146 valence electrons. The van der Waals surface area contributed by atoms with Gasteiger partial charge < -0.3 is 33.9 Å². The predicted octanol–water partition coefficient (Wildman–Crippen LogP) is 1.34. The van der Waals surface area contributed by atoms with Crippen molar-refractivity contribution in [1.82, 2.24) is 0 Å². The van der Waals surface area contributed by atoms with Gasteiger partial charge in [-0.3, -0.25) is 0 Å². The lowest BCUT2D eigenvalue weighted by molar-refractivity contribution is -0.129. The number of hydrogen-bond acceptors (Lipinski definition) is 7. The van der Waals surface area contributed by atoms with Crippen molar-refractivity contribution in [2.45, 2.75) is 78.4 Å². The maximum absolute atomic E-state index is 9.16. The zero-order chi connectivity index (χ0) is 18.5. The minimum Gasteiger partial charge on any atom is -0.391 e. The molecule has 6 atom stereocenters. The van der Waals surface area contributed by atoms with Crippen LogP contribution in [0, 0.1) is 0 Å². The SMILES string of the molecule is CC(O)COC(C)COC(C)COC(C)COC(C)COC(C)O. The Kier molecular flexibility index (Phi) is 13.8. The van der Waals surface area contributed by atoms with E-state index in [9.17, 15) is 0 Å². The molecular weight excluding hydrogens is 316 g/mol. The first-order valence-electron chi connectivity index (χ1n) is 8.64. The summed E-state index contributed by atoms with van der Waals surface area (Å²) in [7, 11) is 0. The van der Waals surface area contributed by atoms with Crippen molar-refractivity contribution < 1.29 is 33.9 Å². The number of aliphatic hydroxyl groups excluding tert-OH is 2. The normalized spacial score (nSPS) is 19.5. The van der Waals surface area contributed by atoms with E-state index < -0.39 is 12.4 Å². The molecule has 0 saturated carbocycles. The summed E-state index contributed by atoms with van der Waals surface area (Å²) in [6, 6.07) is 0. The highest BCUT2D eigenvalue weighted by Crippen LogP contribution is 2.03. The van der Waals surface area contributed by atoms with Crippen molar-refractivity contribution in [1.29, 1.82) is 0 Å². The molecule has 0 aromatic heterocycles. The number of ether oxygens (including phenoxy) is 5. The second-order valence-corrected chi connectivity index (χ2v) is 6.36. The van der Waals surface area contributed by atoms with Gasteiger partial charge in [0.2, 0.25) is 0 Å². The van der Waals surface area contributed by atoms with Crippen LogP contribution in [0.4, 0.5) is 0 Å². The van der Waals surface area contributed by atoms with Gasteiger partial charge in [0.1, 0.15) is 0 Å². The summed E-state index contributed by atoms with van der Waals surface area (Å²) in [4.78, 5) is 0. The van der Waals surface area contributed by atoms with Gasteiger partial charge in [0, 0.05) is 0 Å². The molecule has 0 aliphatic heterocycles. The Morgan fingerprint density at radius 1 is 0.500 bits per heavy atom. The van der Waals surface area contributed by atoms with Gasteiger partial charge in [-0.05, 0) is 41.5 Å². The van der Waals surface area contributed by atoms with E-state index in [0.29, 0.717) is 33.0 Å². The lowest BCUT2D eigenvalue weighted by Crippen LogP contribution is -2.29. The Hall–Kier alpha value is -0.280. The third-order valence-electron chi connectivity index (χ3n) is 3.04. The molecule has 0 saturated heterocycles. The van der Waals surface area contributed by atoms with Crippen LogP contribution in [0.5, 0.6) is 0 Å². The van der Waals surface area contributed by atoms with Gasteiger partial charge in [-0.1, -0.05) is 0 Å². The topological polar surface area (TPSA) is 86.6 Å². The molecule has 0 heterocycles. The molecule has 24 heavy (non-hydrogen) atoms. The second kappa shape index (κ2) is 13.9. The van der Waals surface area contributed by atoms with Crippen molar-refractivity contribution in [3.63, 3.8) is 0 Å². The zero-order valence-electron chi connectivity index (χ0n) is 15.9. The third-order valence-corrected chi connectivity index (χ3v) is 3.04. The van der Waals surface area contributed by atoms with E-state index in [1.54, 1.807) is 13.8 Å². The smallest absolute Gasteiger partial charge is 0.151 e. The molecule has 2 N–H and O–H groups in total. The molecule has 0 amide bonds. The van der Waals surface area contributed by atoms with Gasteiger partial charge in [-0.25, -0.2) is 0 Å². The lowest BCUT2D eigenvalue weighted by Gasteiger charge is -2.21. The molecule has 6 unspecified atom stereocenters. The molecule has 0 aromatic rings. The van der Waals surface area contributed by atoms with E-state index in [-0.39, 0.29) is 24.4 Å². The van der Waals surface area contributed by atoms with Crippen molar-refractivity contribution in [2.75, 3.05) is 33.0 Å². The second-order valence-electron chi connectivity index (χ2n) is 6.36. The van der Waals surface area contributed by atoms with Crippen LogP contribution >= 0.6 is 0 Å². The summed E-state index contributed by atoms with van der Waals surface area (Å²) in [5.74, 6) is 0. The summed E-state index contributed by atoms with van der Waals surface area (Å²) < 4.78 is 27.4.